The molecule has 0 fully saturated rings. The van der Waals surface area contributed by atoms with Crippen LogP contribution in [0.1, 0.15) is 13.8 Å². The van der Waals surface area contributed by atoms with E-state index in [-0.39, 0.29) is 25.1 Å². The molecule has 1 aromatic heterocycles. The minimum Gasteiger partial charge on any atom is -0.454 e. The van der Waals surface area contributed by atoms with Crippen LogP contribution in [0.2, 0.25) is 0 Å². The van der Waals surface area contributed by atoms with Crippen molar-refractivity contribution in [1.29, 1.82) is 0 Å². The molecule has 0 spiro atoms. The van der Waals surface area contributed by atoms with E-state index in [1.807, 2.05) is 0 Å². The summed E-state index contributed by atoms with van der Waals surface area (Å²) in [6.07, 6.45) is 0. The second-order valence-electron chi connectivity index (χ2n) is 6.69. The maximum absolute atomic E-state index is 13.1. The lowest BCUT2D eigenvalue weighted by Gasteiger charge is -2.19. The summed E-state index contributed by atoms with van der Waals surface area (Å²) in [5.41, 5.74) is 1.04. The molecule has 1 aliphatic heterocycles. The van der Waals surface area contributed by atoms with Crippen LogP contribution in [-0.2, 0) is 16.1 Å². The normalized spacial score (nSPS) is 12.1. The van der Waals surface area contributed by atoms with Crippen molar-refractivity contribution in [3.05, 3.63) is 52.8 Å². The summed E-state index contributed by atoms with van der Waals surface area (Å²) < 4.78 is 11.9. The quantitative estimate of drug-likeness (QED) is 0.694. The van der Waals surface area contributed by atoms with Gasteiger partial charge in [-0.2, -0.15) is 0 Å². The summed E-state index contributed by atoms with van der Waals surface area (Å²) in [6.45, 7) is 3.32. The van der Waals surface area contributed by atoms with Gasteiger partial charge in [0.2, 0.25) is 24.4 Å². The molecule has 9 heteroatoms. The van der Waals surface area contributed by atoms with Gasteiger partial charge in [-0.1, -0.05) is 12.1 Å². The molecule has 0 saturated heterocycles. The third kappa shape index (κ3) is 3.57. The van der Waals surface area contributed by atoms with Crippen molar-refractivity contribution >= 4 is 34.4 Å². The number of hydrogen-bond donors (Lipinski definition) is 1. The van der Waals surface area contributed by atoms with Crippen LogP contribution < -0.4 is 25.2 Å². The summed E-state index contributed by atoms with van der Waals surface area (Å²) in [5, 5.41) is 2.76. The van der Waals surface area contributed by atoms with E-state index in [1.54, 1.807) is 49.4 Å². The summed E-state index contributed by atoms with van der Waals surface area (Å²) in [5.74, 6) is 0.456. The Hall–Kier alpha value is -3.88. The van der Waals surface area contributed by atoms with Crippen LogP contribution in [0, 0.1) is 0 Å². The van der Waals surface area contributed by atoms with Gasteiger partial charge in [-0.05, 0) is 31.2 Å². The molecular formula is C21H20N4O5. The van der Waals surface area contributed by atoms with Crippen LogP contribution in [0.15, 0.2) is 47.3 Å². The lowest BCUT2D eigenvalue weighted by atomic mass is 10.2. The van der Waals surface area contributed by atoms with Crippen molar-refractivity contribution < 1.29 is 19.1 Å². The van der Waals surface area contributed by atoms with Crippen LogP contribution in [0.4, 0.5) is 11.5 Å². The number of fused-ring (bicyclic) bond motifs is 2. The number of rotatable bonds is 5. The first-order valence-corrected chi connectivity index (χ1v) is 9.45. The number of benzene rings is 2. The molecule has 154 valence electrons. The molecule has 2 heterocycles. The highest BCUT2D eigenvalue weighted by Crippen LogP contribution is 2.34. The van der Waals surface area contributed by atoms with Crippen LogP contribution >= 0.6 is 0 Å². The Morgan fingerprint density at radius 2 is 1.93 bits per heavy atom. The van der Waals surface area contributed by atoms with Crippen molar-refractivity contribution in [3.8, 4) is 11.5 Å². The predicted octanol–water partition coefficient (Wildman–Crippen LogP) is 2.14. The van der Waals surface area contributed by atoms with Gasteiger partial charge in [-0.15, -0.1) is 0 Å². The molecule has 0 radical (unpaired) electrons. The summed E-state index contributed by atoms with van der Waals surface area (Å²) in [4.78, 5) is 43.5. The van der Waals surface area contributed by atoms with Gasteiger partial charge in [0.25, 0.3) is 5.56 Å². The fourth-order valence-electron chi connectivity index (χ4n) is 3.35. The summed E-state index contributed by atoms with van der Waals surface area (Å²) in [6, 6.07) is 12.1. The van der Waals surface area contributed by atoms with Crippen LogP contribution in [0.3, 0.4) is 0 Å². The van der Waals surface area contributed by atoms with Crippen molar-refractivity contribution in [2.45, 2.75) is 20.4 Å². The van der Waals surface area contributed by atoms with Gasteiger partial charge >= 0.3 is 0 Å². The number of carbonyl (C=O) groups excluding carboxylic acids is 2. The minimum absolute atomic E-state index is 0.000389. The largest absolute Gasteiger partial charge is 0.454 e. The summed E-state index contributed by atoms with van der Waals surface area (Å²) in [7, 11) is 0. The Balaban J connectivity index is 1.69. The number of ether oxygens (including phenoxy) is 2. The first kappa shape index (κ1) is 19.4. The van der Waals surface area contributed by atoms with Gasteiger partial charge in [0.05, 0.1) is 11.0 Å². The second-order valence-corrected chi connectivity index (χ2v) is 6.69. The van der Waals surface area contributed by atoms with E-state index in [0.717, 1.165) is 0 Å². The van der Waals surface area contributed by atoms with Gasteiger partial charge < -0.3 is 14.8 Å². The number of amides is 2. The molecule has 0 aliphatic carbocycles. The van der Waals surface area contributed by atoms with Crippen molar-refractivity contribution in [2.75, 3.05) is 23.6 Å². The number of hydrogen-bond acceptors (Lipinski definition) is 6. The molecule has 30 heavy (non-hydrogen) atoms. The fraction of sp³-hybridized carbons (Fsp3) is 0.238. The lowest BCUT2D eigenvalue weighted by molar-refractivity contribution is -0.117. The highest BCUT2D eigenvalue weighted by molar-refractivity contribution is 5.93. The molecule has 0 saturated carbocycles. The van der Waals surface area contributed by atoms with E-state index in [0.29, 0.717) is 34.8 Å². The average molecular weight is 408 g/mol. The molecule has 2 amide bonds. The third-order valence-electron chi connectivity index (χ3n) is 4.75. The molecule has 4 rings (SSSR count). The molecule has 0 bridgehead atoms. The number of carbonyl (C=O) groups is 2. The number of aromatic nitrogens is 2. The molecule has 3 aromatic rings. The SMILES string of the molecule is CCN(C(C)=O)c1nc2ccccc2n(CC(=O)Nc2ccc3c(c2)OCO3)c1=O. The highest BCUT2D eigenvalue weighted by Gasteiger charge is 2.20. The van der Waals surface area contributed by atoms with Gasteiger partial charge in [-0.25, -0.2) is 4.98 Å². The molecule has 1 aliphatic rings. The van der Waals surface area contributed by atoms with Crippen molar-refractivity contribution in [2.24, 2.45) is 0 Å². The zero-order valence-corrected chi connectivity index (χ0v) is 16.5. The zero-order chi connectivity index (χ0) is 21.3. The summed E-state index contributed by atoms with van der Waals surface area (Å²) >= 11 is 0. The lowest BCUT2D eigenvalue weighted by Crippen LogP contribution is -2.38. The molecule has 0 atom stereocenters. The van der Waals surface area contributed by atoms with E-state index in [2.05, 4.69) is 10.3 Å². The molecule has 2 aromatic carbocycles. The van der Waals surface area contributed by atoms with Crippen molar-refractivity contribution in [3.63, 3.8) is 0 Å². The Morgan fingerprint density at radius 1 is 1.17 bits per heavy atom. The first-order chi connectivity index (χ1) is 14.5. The second kappa shape index (κ2) is 7.86. The van der Waals surface area contributed by atoms with Gasteiger partial charge in [-0.3, -0.25) is 23.9 Å². The Kier molecular flexibility index (Phi) is 5.09. The smallest absolute Gasteiger partial charge is 0.294 e. The molecular weight excluding hydrogens is 388 g/mol. The van der Waals surface area contributed by atoms with E-state index < -0.39 is 11.5 Å². The van der Waals surface area contributed by atoms with Gasteiger partial charge in [0, 0.05) is 25.2 Å². The Labute approximate surface area is 171 Å². The van der Waals surface area contributed by atoms with E-state index >= 15 is 0 Å². The van der Waals surface area contributed by atoms with Gasteiger partial charge in [0.15, 0.2) is 11.5 Å². The van der Waals surface area contributed by atoms with E-state index in [4.69, 9.17) is 9.47 Å². The number of nitrogens with one attached hydrogen (secondary N) is 1. The fourth-order valence-corrected chi connectivity index (χ4v) is 3.35. The van der Waals surface area contributed by atoms with Crippen LogP contribution in [-0.4, -0.2) is 34.7 Å². The standard InChI is InChI=1S/C21H20N4O5/c1-3-24(13(2)26)20-21(28)25(16-7-5-4-6-15(16)23-20)11-19(27)22-14-8-9-17-18(10-14)30-12-29-17/h4-10H,3,11-12H2,1-2H3,(H,22,27). The third-order valence-corrected chi connectivity index (χ3v) is 4.75. The highest BCUT2D eigenvalue weighted by atomic mass is 16.7. The maximum Gasteiger partial charge on any atom is 0.294 e. The van der Waals surface area contributed by atoms with E-state index in [9.17, 15) is 14.4 Å². The average Bonchev–Trinajstić information content (AvgIpc) is 3.19. The van der Waals surface area contributed by atoms with Crippen LogP contribution in [0.25, 0.3) is 11.0 Å². The van der Waals surface area contributed by atoms with Crippen molar-refractivity contribution in [1.82, 2.24) is 9.55 Å². The molecule has 9 nitrogen and oxygen atoms in total. The monoisotopic (exact) mass is 408 g/mol. The number of nitrogens with zero attached hydrogens (tertiary/aromatic N) is 3. The number of anilines is 2. The molecule has 0 unspecified atom stereocenters. The van der Waals surface area contributed by atoms with Gasteiger partial charge in [0.1, 0.15) is 6.54 Å². The van der Waals surface area contributed by atoms with E-state index in [1.165, 1.54) is 16.4 Å². The topological polar surface area (TPSA) is 103 Å². The number of para-hydroxylation sites is 2. The Bertz CT molecular complexity index is 1200. The maximum atomic E-state index is 13.1. The predicted molar refractivity (Wildman–Crippen MR) is 111 cm³/mol. The minimum atomic E-state index is -0.508. The molecule has 1 N–H and O–H groups in total. The van der Waals surface area contributed by atoms with Crippen LogP contribution in [0.5, 0.6) is 11.5 Å². The zero-order valence-electron chi connectivity index (χ0n) is 16.5. The Morgan fingerprint density at radius 3 is 2.70 bits per heavy atom. The first-order valence-electron chi connectivity index (χ1n) is 9.45.